The van der Waals surface area contributed by atoms with Gasteiger partial charge in [-0.15, -0.1) is 11.8 Å². The highest BCUT2D eigenvalue weighted by Crippen LogP contribution is 2.45. The van der Waals surface area contributed by atoms with Gasteiger partial charge in [0.1, 0.15) is 12.8 Å². The lowest BCUT2D eigenvalue weighted by Gasteiger charge is -2.51. The molecule has 3 aliphatic rings. The molecule has 208 valence electrons. The summed E-state index contributed by atoms with van der Waals surface area (Å²) in [5.74, 6) is -1.96. The summed E-state index contributed by atoms with van der Waals surface area (Å²) in [4.78, 5) is 29.8. The van der Waals surface area contributed by atoms with E-state index < -0.39 is 29.3 Å². The minimum atomic E-state index is -0.911. The fraction of sp³-hybridized carbons (Fsp3) is 0.226. The van der Waals surface area contributed by atoms with E-state index in [2.05, 4.69) is 0 Å². The van der Waals surface area contributed by atoms with Gasteiger partial charge >= 0.3 is 0 Å². The maximum absolute atomic E-state index is 15.3. The lowest BCUT2D eigenvalue weighted by molar-refractivity contribution is -0.0199. The van der Waals surface area contributed by atoms with Crippen molar-refractivity contribution in [1.82, 2.24) is 9.58 Å². The summed E-state index contributed by atoms with van der Waals surface area (Å²) in [7, 11) is 0. The molecule has 0 bridgehead atoms. The van der Waals surface area contributed by atoms with Gasteiger partial charge in [0, 0.05) is 35.0 Å². The molecule has 1 aromatic heterocycles. The number of hydrogen-bond donors (Lipinski definition) is 0. The Balaban J connectivity index is 1.45. The van der Waals surface area contributed by atoms with Gasteiger partial charge in [-0.3, -0.25) is 19.3 Å². The number of hydrogen-bond acceptors (Lipinski definition) is 6. The molecular weight excluding hydrogens is 548 g/mol. The quantitative estimate of drug-likeness (QED) is 0.348. The fourth-order valence-electron chi connectivity index (χ4n) is 5.84. The van der Waals surface area contributed by atoms with Crippen LogP contribution in [0.3, 0.4) is 0 Å². The second-order valence-corrected chi connectivity index (χ2v) is 11.1. The monoisotopic (exact) mass is 573 g/mol. The number of ether oxygens (including phenoxy) is 2. The number of rotatable bonds is 4. The molecule has 2 atom stereocenters. The smallest absolute Gasteiger partial charge is 0.278 e. The van der Waals surface area contributed by atoms with Crippen molar-refractivity contribution in [3.63, 3.8) is 0 Å². The van der Waals surface area contributed by atoms with Gasteiger partial charge in [-0.2, -0.15) is 0 Å². The Morgan fingerprint density at radius 2 is 1.76 bits per heavy atom. The Labute approximate surface area is 238 Å². The molecule has 10 heteroatoms. The van der Waals surface area contributed by atoms with Crippen LogP contribution in [0, 0.1) is 11.6 Å². The summed E-state index contributed by atoms with van der Waals surface area (Å²) in [6.45, 7) is 0.932. The van der Waals surface area contributed by atoms with Gasteiger partial charge in [0.25, 0.3) is 5.91 Å². The molecule has 1 saturated heterocycles. The number of fused-ring (bicyclic) bond motifs is 4. The Kier molecular flexibility index (Phi) is 6.51. The van der Waals surface area contributed by atoms with E-state index in [0.717, 1.165) is 22.1 Å². The van der Waals surface area contributed by atoms with Crippen LogP contribution in [0.1, 0.15) is 38.8 Å². The van der Waals surface area contributed by atoms with E-state index in [0.29, 0.717) is 18.7 Å². The predicted molar refractivity (Wildman–Crippen MR) is 150 cm³/mol. The third kappa shape index (κ3) is 4.29. The lowest BCUT2D eigenvalue weighted by atomic mass is 9.93. The number of halogens is 2. The van der Waals surface area contributed by atoms with Crippen molar-refractivity contribution in [2.45, 2.75) is 29.5 Å². The molecule has 0 unspecified atom stereocenters. The van der Waals surface area contributed by atoms with E-state index in [1.165, 1.54) is 17.8 Å². The fourth-order valence-corrected chi connectivity index (χ4v) is 6.95. The van der Waals surface area contributed by atoms with Crippen molar-refractivity contribution in [3.8, 4) is 5.75 Å². The summed E-state index contributed by atoms with van der Waals surface area (Å²) in [6.07, 6.45) is 0.979. The number of aromatic nitrogens is 1. The Morgan fingerprint density at radius 3 is 2.61 bits per heavy atom. The van der Waals surface area contributed by atoms with Crippen LogP contribution in [0.15, 0.2) is 88.7 Å². The highest BCUT2D eigenvalue weighted by molar-refractivity contribution is 7.98. The van der Waals surface area contributed by atoms with Crippen LogP contribution in [0.5, 0.6) is 5.75 Å². The van der Waals surface area contributed by atoms with Gasteiger partial charge in [-0.1, -0.05) is 54.6 Å². The van der Waals surface area contributed by atoms with Crippen LogP contribution in [-0.2, 0) is 17.1 Å². The van der Waals surface area contributed by atoms with Crippen LogP contribution < -0.4 is 15.2 Å². The second kappa shape index (κ2) is 10.4. The molecule has 0 saturated carbocycles. The van der Waals surface area contributed by atoms with E-state index in [-0.39, 0.29) is 41.9 Å². The van der Waals surface area contributed by atoms with Gasteiger partial charge in [-0.25, -0.2) is 8.78 Å². The highest BCUT2D eigenvalue weighted by atomic mass is 32.2. The molecule has 1 amide bonds. The summed E-state index contributed by atoms with van der Waals surface area (Å²) in [5.41, 5.74) is 2.23. The number of nitrogens with zero attached hydrogens (tertiary/aromatic N) is 3. The van der Waals surface area contributed by atoms with Crippen LogP contribution in [-0.4, -0.2) is 41.4 Å². The van der Waals surface area contributed by atoms with E-state index >= 15 is 4.39 Å². The molecule has 4 heterocycles. The zero-order valence-corrected chi connectivity index (χ0v) is 22.7. The van der Waals surface area contributed by atoms with Crippen LogP contribution in [0.25, 0.3) is 0 Å². The van der Waals surface area contributed by atoms with Crippen molar-refractivity contribution in [2.75, 3.05) is 24.8 Å². The van der Waals surface area contributed by atoms with Crippen LogP contribution >= 0.6 is 11.8 Å². The van der Waals surface area contributed by atoms with Gasteiger partial charge in [0.2, 0.25) is 5.43 Å². The summed E-state index contributed by atoms with van der Waals surface area (Å²) in [5, 5.41) is 1.94. The molecule has 7 nitrogen and oxygen atoms in total. The topological polar surface area (TPSA) is 64.0 Å². The number of carbonyl (C=O) groups excluding carboxylic acids is 1. The van der Waals surface area contributed by atoms with Crippen molar-refractivity contribution >= 4 is 17.7 Å². The normalized spacial score (nSPS) is 19.5. The summed E-state index contributed by atoms with van der Waals surface area (Å²) >= 11 is 1.44. The first kappa shape index (κ1) is 25.8. The first-order chi connectivity index (χ1) is 20.0. The van der Waals surface area contributed by atoms with Crippen LogP contribution in [0.4, 0.5) is 8.78 Å². The average Bonchev–Trinajstić information content (AvgIpc) is 3.17. The number of benzene rings is 3. The van der Waals surface area contributed by atoms with E-state index in [9.17, 15) is 14.0 Å². The third-order valence-electron chi connectivity index (χ3n) is 7.76. The molecule has 0 radical (unpaired) electrons. The zero-order chi connectivity index (χ0) is 28.1. The molecule has 3 aliphatic heterocycles. The summed E-state index contributed by atoms with van der Waals surface area (Å²) in [6, 6.07) is 20.6. The first-order valence-corrected chi connectivity index (χ1v) is 14.3. The number of amides is 1. The molecule has 7 rings (SSSR count). The highest BCUT2D eigenvalue weighted by Gasteiger charge is 2.46. The van der Waals surface area contributed by atoms with Gasteiger partial charge in [0.15, 0.2) is 23.1 Å². The summed E-state index contributed by atoms with van der Waals surface area (Å²) < 4.78 is 43.4. The first-order valence-electron chi connectivity index (χ1n) is 13.3. The molecule has 0 spiro atoms. The molecule has 3 aromatic carbocycles. The maximum Gasteiger partial charge on any atom is 0.278 e. The van der Waals surface area contributed by atoms with Crippen molar-refractivity contribution in [2.24, 2.45) is 0 Å². The van der Waals surface area contributed by atoms with E-state index in [1.54, 1.807) is 21.8 Å². The lowest BCUT2D eigenvalue weighted by Crippen LogP contribution is -2.66. The zero-order valence-electron chi connectivity index (χ0n) is 21.8. The Hall–Kier alpha value is -4.15. The van der Waals surface area contributed by atoms with Crippen molar-refractivity contribution in [1.29, 1.82) is 0 Å². The number of carbonyl (C=O) groups is 1. The molecule has 0 aliphatic carbocycles. The number of pyridine rings is 1. The molecule has 0 N–H and O–H groups in total. The van der Waals surface area contributed by atoms with Gasteiger partial charge in [0.05, 0.1) is 19.3 Å². The Bertz CT molecular complexity index is 1710. The molecule has 41 heavy (non-hydrogen) atoms. The maximum atomic E-state index is 15.3. The second-order valence-electron chi connectivity index (χ2n) is 10.1. The molecule has 1 fully saturated rings. The van der Waals surface area contributed by atoms with Crippen LogP contribution in [0.2, 0.25) is 0 Å². The number of thioether (sulfide) groups is 1. The van der Waals surface area contributed by atoms with E-state index in [4.69, 9.17) is 9.47 Å². The third-order valence-corrected chi connectivity index (χ3v) is 8.87. The van der Waals surface area contributed by atoms with Crippen molar-refractivity contribution in [3.05, 3.63) is 129 Å². The average molecular weight is 574 g/mol. The standard InChI is InChI=1S/C31H25F2N3O4S/c32-23-11-10-20-22(27(23)33)18-41-25-9-5-4-8-21(25)28(20)36-26-17-39-15-14-34(26)31(38)29-30(24(37)12-13-35(29)36)40-16-19-6-2-1-3-7-19/h1-13,26,28H,14-18H2/t26-,28-/m1/s1. The minimum absolute atomic E-state index is 0.0573. The van der Waals surface area contributed by atoms with Crippen molar-refractivity contribution < 1.29 is 23.0 Å². The number of morpholine rings is 1. The van der Waals surface area contributed by atoms with Gasteiger partial charge in [-0.05, 0) is 28.8 Å². The molecule has 4 aromatic rings. The van der Waals surface area contributed by atoms with E-state index in [1.807, 2.05) is 59.6 Å². The SMILES string of the molecule is O=C1c2c(OCc3ccccc3)c(=O)ccn2N([C@H]2c3ccccc3SCc3c2ccc(F)c3F)[C@@H]2COCCN12. The predicted octanol–water partition coefficient (Wildman–Crippen LogP) is 4.85. The minimum Gasteiger partial charge on any atom is -0.482 e. The molecular formula is C31H25F2N3O4S. The largest absolute Gasteiger partial charge is 0.482 e. The Morgan fingerprint density at radius 1 is 0.951 bits per heavy atom. The van der Waals surface area contributed by atoms with Gasteiger partial charge < -0.3 is 14.4 Å².